The number of amides is 1. The Bertz CT molecular complexity index is 1220. The van der Waals surface area contributed by atoms with Crippen LogP contribution in [0.2, 0.25) is 0 Å². The van der Waals surface area contributed by atoms with Gasteiger partial charge in [0.1, 0.15) is 11.4 Å². The van der Waals surface area contributed by atoms with Gasteiger partial charge in [-0.3, -0.25) is 9.48 Å². The zero-order valence-electron chi connectivity index (χ0n) is 19.8. The van der Waals surface area contributed by atoms with Crippen LogP contribution in [-0.2, 0) is 11.5 Å². The van der Waals surface area contributed by atoms with Crippen molar-refractivity contribution < 1.29 is 23.8 Å². The summed E-state index contributed by atoms with van der Waals surface area (Å²) >= 11 is 0. The number of alkyl halides is 2. The number of pyridine rings is 1. The largest absolute Gasteiger partial charge is 0.390 e. The van der Waals surface area contributed by atoms with Gasteiger partial charge in [-0.15, -0.1) is 0 Å². The van der Waals surface area contributed by atoms with Gasteiger partial charge < -0.3 is 15.5 Å². The lowest BCUT2D eigenvalue weighted by atomic mass is 9.84. The van der Waals surface area contributed by atoms with E-state index < -0.39 is 28.7 Å². The maximum atomic E-state index is 13.7. The van der Waals surface area contributed by atoms with E-state index in [0.29, 0.717) is 29.6 Å². The minimum atomic E-state index is -3.17. The van der Waals surface area contributed by atoms with Crippen LogP contribution in [0.1, 0.15) is 81.2 Å². The SMILES string of the molecule is CC(C)(O)c1cc2nn([C@H]3CC[C@@](C)(O)CC3)cc2cc1NC(=O)c1cccc(C(C)(F)F)n1. The van der Waals surface area contributed by atoms with Crippen LogP contribution >= 0.6 is 0 Å². The third-order valence-electron chi connectivity index (χ3n) is 6.41. The molecule has 0 saturated heterocycles. The van der Waals surface area contributed by atoms with Gasteiger partial charge in [0, 0.05) is 29.8 Å². The Balaban J connectivity index is 1.67. The number of benzene rings is 1. The lowest BCUT2D eigenvalue weighted by Gasteiger charge is -2.33. The normalized spacial score (nSPS) is 21.6. The Kier molecular flexibility index (Phi) is 5.98. The summed E-state index contributed by atoms with van der Waals surface area (Å²) in [7, 11) is 0. The van der Waals surface area contributed by atoms with Gasteiger partial charge in [-0.1, -0.05) is 6.07 Å². The number of rotatable bonds is 5. The van der Waals surface area contributed by atoms with E-state index in [2.05, 4.69) is 10.3 Å². The highest BCUT2D eigenvalue weighted by molar-refractivity contribution is 6.04. The first-order chi connectivity index (χ1) is 15.7. The molecule has 1 amide bonds. The lowest BCUT2D eigenvalue weighted by molar-refractivity contribution is 0.00852. The predicted octanol–water partition coefficient (Wildman–Crippen LogP) is 4.89. The summed E-state index contributed by atoms with van der Waals surface area (Å²) < 4.78 is 29.2. The van der Waals surface area contributed by atoms with E-state index in [1.165, 1.54) is 18.2 Å². The maximum absolute atomic E-state index is 13.7. The van der Waals surface area contributed by atoms with E-state index in [4.69, 9.17) is 5.10 Å². The van der Waals surface area contributed by atoms with Crippen molar-refractivity contribution in [2.75, 3.05) is 5.32 Å². The molecule has 1 aliphatic carbocycles. The van der Waals surface area contributed by atoms with Crippen LogP contribution in [0, 0.1) is 0 Å². The molecule has 0 unspecified atom stereocenters. The number of hydrogen-bond acceptors (Lipinski definition) is 5. The van der Waals surface area contributed by atoms with Crippen molar-refractivity contribution in [3.8, 4) is 0 Å². The highest BCUT2D eigenvalue weighted by Crippen LogP contribution is 2.37. The number of fused-ring (bicyclic) bond motifs is 1. The quantitative estimate of drug-likeness (QED) is 0.491. The van der Waals surface area contributed by atoms with Gasteiger partial charge in [0.05, 0.1) is 22.8 Å². The van der Waals surface area contributed by atoms with Crippen molar-refractivity contribution in [3.05, 3.63) is 53.5 Å². The number of halogens is 2. The molecule has 1 saturated carbocycles. The molecule has 0 bridgehead atoms. The van der Waals surface area contributed by atoms with Crippen molar-refractivity contribution in [2.24, 2.45) is 0 Å². The summed E-state index contributed by atoms with van der Waals surface area (Å²) in [4.78, 5) is 16.7. The highest BCUT2D eigenvalue weighted by Gasteiger charge is 2.31. The molecule has 4 rings (SSSR count). The molecule has 1 aliphatic rings. The molecule has 34 heavy (non-hydrogen) atoms. The zero-order valence-corrected chi connectivity index (χ0v) is 19.8. The first kappa shape index (κ1) is 24.2. The van der Waals surface area contributed by atoms with Crippen molar-refractivity contribution in [3.63, 3.8) is 0 Å². The molecular formula is C25H30F2N4O3. The second-order valence-corrected chi connectivity index (χ2v) is 10.1. The average Bonchev–Trinajstić information content (AvgIpc) is 3.15. The highest BCUT2D eigenvalue weighted by atomic mass is 19.3. The first-order valence-electron chi connectivity index (χ1n) is 11.4. The van der Waals surface area contributed by atoms with Crippen molar-refractivity contribution in [1.29, 1.82) is 0 Å². The standard InChI is InChI=1S/C25H30F2N4O3/c1-23(2,33)17-13-19-15(14-31(30-19)16-8-10-24(3,34)11-9-16)12-20(17)29-22(32)18-6-5-7-21(28-18)25(4,26)27/h5-7,12-14,16,33-34H,8-11H2,1-4H3,(H,29,32)/t16-,24+. The first-order valence-corrected chi connectivity index (χ1v) is 11.4. The fourth-order valence-corrected chi connectivity index (χ4v) is 4.37. The molecule has 3 N–H and O–H groups in total. The van der Waals surface area contributed by atoms with Crippen molar-refractivity contribution in [1.82, 2.24) is 14.8 Å². The van der Waals surface area contributed by atoms with Crippen LogP contribution in [0.3, 0.4) is 0 Å². The zero-order chi connectivity index (χ0) is 24.9. The number of aliphatic hydroxyl groups is 2. The predicted molar refractivity (Wildman–Crippen MR) is 125 cm³/mol. The van der Waals surface area contributed by atoms with Crippen LogP contribution in [-0.4, -0.2) is 36.5 Å². The second-order valence-electron chi connectivity index (χ2n) is 10.1. The van der Waals surface area contributed by atoms with E-state index in [9.17, 15) is 23.8 Å². The van der Waals surface area contributed by atoms with Crippen LogP contribution in [0.5, 0.6) is 0 Å². The molecule has 2 heterocycles. The molecule has 0 spiro atoms. The average molecular weight is 473 g/mol. The lowest BCUT2D eigenvalue weighted by Crippen LogP contribution is -2.31. The second kappa shape index (κ2) is 8.39. The maximum Gasteiger partial charge on any atom is 0.287 e. The number of aromatic nitrogens is 3. The molecule has 3 aromatic rings. The fourth-order valence-electron chi connectivity index (χ4n) is 4.37. The van der Waals surface area contributed by atoms with Gasteiger partial charge in [-0.2, -0.15) is 13.9 Å². The van der Waals surface area contributed by atoms with Crippen molar-refractivity contribution >= 4 is 22.5 Å². The Hall–Kier alpha value is -2.91. The Morgan fingerprint density at radius 1 is 1.21 bits per heavy atom. The van der Waals surface area contributed by atoms with Gasteiger partial charge in [-0.25, -0.2) is 4.98 Å². The summed E-state index contributed by atoms with van der Waals surface area (Å²) in [5.74, 6) is -3.83. The fraction of sp³-hybridized carbons (Fsp3) is 0.480. The number of nitrogens with zero attached hydrogens (tertiary/aromatic N) is 3. The van der Waals surface area contributed by atoms with E-state index in [1.807, 2.05) is 17.8 Å². The topological polar surface area (TPSA) is 100 Å². The van der Waals surface area contributed by atoms with E-state index in [0.717, 1.165) is 25.2 Å². The third kappa shape index (κ3) is 5.10. The molecule has 9 heteroatoms. The Morgan fingerprint density at radius 3 is 2.50 bits per heavy atom. The number of nitrogens with one attached hydrogen (secondary N) is 1. The van der Waals surface area contributed by atoms with E-state index >= 15 is 0 Å². The molecule has 1 aromatic carbocycles. The van der Waals surface area contributed by atoms with Crippen LogP contribution in [0.4, 0.5) is 14.5 Å². The summed E-state index contributed by atoms with van der Waals surface area (Å²) in [6, 6.07) is 7.50. The third-order valence-corrected chi connectivity index (χ3v) is 6.41. The molecule has 1 fully saturated rings. The van der Waals surface area contributed by atoms with Gasteiger partial charge in [0.15, 0.2) is 0 Å². The molecular weight excluding hydrogens is 442 g/mol. The molecule has 0 aliphatic heterocycles. The molecule has 0 atom stereocenters. The monoisotopic (exact) mass is 472 g/mol. The Labute approximate surface area is 196 Å². The molecule has 182 valence electrons. The van der Waals surface area contributed by atoms with Gasteiger partial charge >= 0.3 is 0 Å². The van der Waals surface area contributed by atoms with Crippen molar-refractivity contribution in [2.45, 2.75) is 76.5 Å². The molecule has 0 radical (unpaired) electrons. The molecule has 7 nitrogen and oxygen atoms in total. The van der Waals surface area contributed by atoms with Gasteiger partial charge in [-0.05, 0) is 70.7 Å². The van der Waals surface area contributed by atoms with Crippen LogP contribution in [0.25, 0.3) is 10.9 Å². The van der Waals surface area contributed by atoms with Gasteiger partial charge in [0.2, 0.25) is 0 Å². The number of carbonyl (C=O) groups is 1. The smallest absolute Gasteiger partial charge is 0.287 e. The minimum Gasteiger partial charge on any atom is -0.390 e. The number of hydrogen-bond donors (Lipinski definition) is 3. The number of anilines is 1. The van der Waals surface area contributed by atoms with Gasteiger partial charge in [0.25, 0.3) is 11.8 Å². The summed E-state index contributed by atoms with van der Waals surface area (Å²) in [5, 5.41) is 29.2. The minimum absolute atomic E-state index is 0.147. The number of carbonyl (C=O) groups excluding carboxylic acids is 1. The van der Waals surface area contributed by atoms with E-state index in [1.54, 1.807) is 26.0 Å². The van der Waals surface area contributed by atoms with E-state index in [-0.39, 0.29) is 11.7 Å². The van der Waals surface area contributed by atoms with Crippen LogP contribution in [0.15, 0.2) is 36.5 Å². The summed E-state index contributed by atoms with van der Waals surface area (Å²) in [6.07, 6.45) is 4.86. The summed E-state index contributed by atoms with van der Waals surface area (Å²) in [6.45, 7) is 5.77. The summed E-state index contributed by atoms with van der Waals surface area (Å²) in [5.41, 5.74) is -1.12. The Morgan fingerprint density at radius 2 is 1.88 bits per heavy atom. The van der Waals surface area contributed by atoms with Crippen LogP contribution < -0.4 is 5.32 Å². The molecule has 2 aromatic heterocycles.